The third kappa shape index (κ3) is 4.11. The molecule has 6 nitrogen and oxygen atoms in total. The third-order valence-corrected chi connectivity index (χ3v) is 7.61. The maximum Gasteiger partial charge on any atom is 0.256 e. The summed E-state index contributed by atoms with van der Waals surface area (Å²) >= 11 is 0. The molecule has 3 aromatic carbocycles. The summed E-state index contributed by atoms with van der Waals surface area (Å²) in [7, 11) is 0. The maximum absolute atomic E-state index is 14.3. The van der Waals surface area contributed by atoms with Crippen LogP contribution in [0.2, 0.25) is 0 Å². The minimum atomic E-state index is -1.52. The first-order chi connectivity index (χ1) is 18.4. The lowest BCUT2D eigenvalue weighted by Crippen LogP contribution is -2.42. The number of nitrogens with one attached hydrogen (secondary N) is 1. The van der Waals surface area contributed by atoms with Crippen molar-refractivity contribution in [2.24, 2.45) is 0 Å². The highest BCUT2D eigenvalue weighted by molar-refractivity contribution is 5.83. The number of hydrogen-bond acceptors (Lipinski definition) is 4. The molecule has 38 heavy (non-hydrogen) atoms. The molecule has 1 fully saturated rings. The highest BCUT2D eigenvalue weighted by Crippen LogP contribution is 2.52. The predicted molar refractivity (Wildman–Crippen MR) is 137 cm³/mol. The van der Waals surface area contributed by atoms with Crippen molar-refractivity contribution in [1.82, 2.24) is 14.9 Å². The lowest BCUT2D eigenvalue weighted by molar-refractivity contribution is -0.141. The van der Waals surface area contributed by atoms with Gasteiger partial charge in [0.15, 0.2) is 17.7 Å². The number of aromatic nitrogens is 2. The molecule has 2 heterocycles. The molecule has 6 rings (SSSR count). The van der Waals surface area contributed by atoms with Crippen LogP contribution in [0.4, 0.5) is 8.78 Å². The highest BCUT2D eigenvalue weighted by atomic mass is 19.2. The molecular weight excluding hydrogens is 488 g/mol. The Morgan fingerprint density at radius 3 is 2.55 bits per heavy atom. The Kier molecular flexibility index (Phi) is 5.91. The molecule has 4 aromatic rings. The molecule has 1 amide bonds. The van der Waals surface area contributed by atoms with Gasteiger partial charge in [0.1, 0.15) is 5.82 Å². The second-order valence-electron chi connectivity index (χ2n) is 9.93. The Morgan fingerprint density at radius 2 is 1.79 bits per heavy atom. The van der Waals surface area contributed by atoms with Crippen molar-refractivity contribution in [2.75, 3.05) is 6.54 Å². The molecule has 1 unspecified atom stereocenters. The molecule has 192 valence electrons. The van der Waals surface area contributed by atoms with Gasteiger partial charge in [0.25, 0.3) is 11.5 Å². The van der Waals surface area contributed by atoms with Gasteiger partial charge in [-0.3, -0.25) is 9.59 Å². The normalized spacial score (nSPS) is 16.6. The van der Waals surface area contributed by atoms with E-state index in [1.165, 1.54) is 23.1 Å². The molecule has 1 aromatic heterocycles. The van der Waals surface area contributed by atoms with Crippen LogP contribution in [0.5, 0.6) is 0 Å². The van der Waals surface area contributed by atoms with E-state index in [1.807, 2.05) is 30.3 Å². The molecule has 0 spiro atoms. The molecule has 1 aliphatic heterocycles. The summed E-state index contributed by atoms with van der Waals surface area (Å²) in [5.74, 6) is -1.88. The van der Waals surface area contributed by atoms with Crippen LogP contribution >= 0.6 is 0 Å². The number of aliphatic hydroxyl groups is 1. The molecule has 0 radical (unpaired) electrons. The third-order valence-electron chi connectivity index (χ3n) is 7.61. The zero-order valence-electron chi connectivity index (χ0n) is 20.5. The van der Waals surface area contributed by atoms with Crippen molar-refractivity contribution in [3.63, 3.8) is 0 Å². The van der Waals surface area contributed by atoms with Gasteiger partial charge in [-0.25, -0.2) is 13.8 Å². The zero-order chi connectivity index (χ0) is 26.4. The SMILES string of the molecule is O=C(C(O)c1cccc(-c2cccc(F)c2F)c1)N1CCc2nc(C3(c4ccccc4)CC3)[nH]c(=O)c2C1. The van der Waals surface area contributed by atoms with E-state index in [4.69, 9.17) is 4.98 Å². The number of aromatic amines is 1. The van der Waals surface area contributed by atoms with Gasteiger partial charge < -0.3 is 15.0 Å². The number of fused-ring (bicyclic) bond motifs is 1. The number of H-pyrrole nitrogens is 1. The van der Waals surface area contributed by atoms with Crippen LogP contribution in [0, 0.1) is 11.6 Å². The van der Waals surface area contributed by atoms with Gasteiger partial charge in [0, 0.05) is 18.5 Å². The summed E-state index contributed by atoms with van der Waals surface area (Å²) in [5, 5.41) is 10.9. The van der Waals surface area contributed by atoms with Crippen LogP contribution in [0.3, 0.4) is 0 Å². The summed E-state index contributed by atoms with van der Waals surface area (Å²) in [6.07, 6.45) is 0.694. The van der Waals surface area contributed by atoms with E-state index in [2.05, 4.69) is 4.98 Å². The first kappa shape index (κ1) is 24.2. The van der Waals surface area contributed by atoms with E-state index in [0.29, 0.717) is 35.6 Å². The first-order valence-corrected chi connectivity index (χ1v) is 12.6. The van der Waals surface area contributed by atoms with Crippen LogP contribution in [-0.4, -0.2) is 32.4 Å². The van der Waals surface area contributed by atoms with Crippen LogP contribution in [0.1, 0.15) is 47.2 Å². The predicted octanol–water partition coefficient (Wildman–Crippen LogP) is 4.41. The van der Waals surface area contributed by atoms with Crippen molar-refractivity contribution in [1.29, 1.82) is 0 Å². The van der Waals surface area contributed by atoms with Crippen molar-refractivity contribution >= 4 is 5.91 Å². The Labute approximate surface area is 217 Å². The van der Waals surface area contributed by atoms with Crippen molar-refractivity contribution in [3.05, 3.63) is 123 Å². The number of rotatable bonds is 5. The lowest BCUT2D eigenvalue weighted by Gasteiger charge is -2.30. The molecule has 0 bridgehead atoms. The summed E-state index contributed by atoms with van der Waals surface area (Å²) in [6.45, 7) is 0.333. The molecule has 1 aliphatic carbocycles. The van der Waals surface area contributed by atoms with Crippen LogP contribution < -0.4 is 5.56 Å². The van der Waals surface area contributed by atoms with Crippen LogP contribution in [-0.2, 0) is 23.2 Å². The molecular formula is C30H25F2N3O3. The molecule has 1 atom stereocenters. The van der Waals surface area contributed by atoms with Crippen molar-refractivity contribution in [2.45, 2.75) is 37.3 Å². The van der Waals surface area contributed by atoms with Gasteiger partial charge in [-0.15, -0.1) is 0 Å². The molecule has 1 saturated carbocycles. The van der Waals surface area contributed by atoms with Gasteiger partial charge in [-0.1, -0.05) is 60.7 Å². The average molecular weight is 514 g/mol. The number of aliphatic hydroxyl groups excluding tert-OH is 1. The van der Waals surface area contributed by atoms with E-state index >= 15 is 0 Å². The number of nitrogens with zero attached hydrogens (tertiary/aromatic N) is 2. The number of benzene rings is 3. The largest absolute Gasteiger partial charge is 0.378 e. The van der Waals surface area contributed by atoms with Crippen LogP contribution in [0.25, 0.3) is 11.1 Å². The summed E-state index contributed by atoms with van der Waals surface area (Å²) in [4.78, 5) is 35.5. The molecule has 2 N–H and O–H groups in total. The molecule has 8 heteroatoms. The quantitative estimate of drug-likeness (QED) is 0.414. The fourth-order valence-corrected chi connectivity index (χ4v) is 5.30. The second-order valence-corrected chi connectivity index (χ2v) is 9.93. The highest BCUT2D eigenvalue weighted by Gasteiger charge is 2.48. The molecule has 2 aliphatic rings. The summed E-state index contributed by atoms with van der Waals surface area (Å²) in [6, 6.07) is 20.1. The summed E-state index contributed by atoms with van der Waals surface area (Å²) in [5.41, 5.74) is 2.30. The van der Waals surface area contributed by atoms with Crippen molar-refractivity contribution in [3.8, 4) is 11.1 Å². The van der Waals surface area contributed by atoms with Gasteiger partial charge >= 0.3 is 0 Å². The van der Waals surface area contributed by atoms with E-state index in [-0.39, 0.29) is 28.6 Å². The summed E-state index contributed by atoms with van der Waals surface area (Å²) < 4.78 is 28.0. The monoisotopic (exact) mass is 513 g/mol. The Hall–Kier alpha value is -4.17. The number of halogens is 2. The van der Waals surface area contributed by atoms with Crippen molar-refractivity contribution < 1.29 is 18.7 Å². The smallest absolute Gasteiger partial charge is 0.256 e. The molecule has 0 saturated heterocycles. The van der Waals surface area contributed by atoms with E-state index in [1.54, 1.807) is 18.2 Å². The fraction of sp³-hybridized carbons (Fsp3) is 0.233. The topological polar surface area (TPSA) is 86.3 Å². The fourth-order valence-electron chi connectivity index (χ4n) is 5.30. The number of amides is 1. The second kappa shape index (κ2) is 9.29. The Balaban J connectivity index is 1.23. The average Bonchev–Trinajstić information content (AvgIpc) is 3.76. The number of carbonyl (C=O) groups is 1. The number of carbonyl (C=O) groups excluding carboxylic acids is 1. The maximum atomic E-state index is 14.3. The van der Waals surface area contributed by atoms with E-state index in [0.717, 1.165) is 24.5 Å². The minimum absolute atomic E-state index is 0.0321. The van der Waals surface area contributed by atoms with Crippen LogP contribution in [0.15, 0.2) is 77.6 Å². The van der Waals surface area contributed by atoms with Gasteiger partial charge in [0.05, 0.1) is 23.2 Å². The number of hydrogen-bond donors (Lipinski definition) is 2. The lowest BCUT2D eigenvalue weighted by atomic mass is 9.94. The van der Waals surface area contributed by atoms with Gasteiger partial charge in [-0.05, 0) is 41.7 Å². The minimum Gasteiger partial charge on any atom is -0.378 e. The van der Waals surface area contributed by atoms with Gasteiger partial charge in [-0.2, -0.15) is 0 Å². The zero-order valence-corrected chi connectivity index (χ0v) is 20.5. The first-order valence-electron chi connectivity index (χ1n) is 12.6. The Morgan fingerprint density at radius 1 is 1.03 bits per heavy atom. The van der Waals surface area contributed by atoms with E-state index in [9.17, 15) is 23.5 Å². The standard InChI is InChI=1S/C30H25F2N3O3/c31-23-11-5-10-21(25(23)32)18-6-4-7-19(16-18)26(36)28(38)35-15-12-24-22(17-35)27(37)34-29(33-24)30(13-14-30)20-8-2-1-3-9-20/h1-11,16,26,36H,12-15,17H2,(H,33,34,37). The Bertz CT molecular complexity index is 1600. The van der Waals surface area contributed by atoms with E-state index < -0.39 is 23.6 Å². The van der Waals surface area contributed by atoms with Gasteiger partial charge in [0.2, 0.25) is 0 Å².